The Bertz CT molecular complexity index is 1020. The van der Waals surface area contributed by atoms with E-state index in [1.807, 2.05) is 0 Å². The molecule has 1 atom stereocenters. The molecule has 0 fully saturated rings. The van der Waals surface area contributed by atoms with E-state index in [-0.39, 0.29) is 26.6 Å². The van der Waals surface area contributed by atoms with Crippen LogP contribution in [0.5, 0.6) is 0 Å². The van der Waals surface area contributed by atoms with Gasteiger partial charge in [0.2, 0.25) is 0 Å². The third kappa shape index (κ3) is 3.03. The minimum absolute atomic E-state index is 0.0382. The summed E-state index contributed by atoms with van der Waals surface area (Å²) in [5, 5.41) is 18.2. The van der Waals surface area contributed by atoms with Crippen LogP contribution < -0.4 is 11.2 Å². The molecule has 2 aromatic carbocycles. The van der Waals surface area contributed by atoms with Gasteiger partial charge >= 0.3 is 7.12 Å². The van der Waals surface area contributed by atoms with E-state index < -0.39 is 35.0 Å². The Hall–Kier alpha value is -2.53. The van der Waals surface area contributed by atoms with E-state index in [4.69, 9.17) is 17.2 Å². The Morgan fingerprint density at radius 1 is 1.19 bits per heavy atom. The molecule has 10 heteroatoms. The van der Waals surface area contributed by atoms with Crippen molar-refractivity contribution in [1.29, 1.82) is 0 Å². The lowest BCUT2D eigenvalue weighted by Crippen LogP contribution is -2.47. The molecule has 8 nitrogen and oxygen atoms in total. The number of hydrogen-bond acceptors (Lipinski definition) is 7. The van der Waals surface area contributed by atoms with Gasteiger partial charge in [0.25, 0.3) is 21.8 Å². The summed E-state index contributed by atoms with van der Waals surface area (Å²) >= 11 is 0. The number of carbonyl (C=O) groups excluding carboxylic acids is 2. The number of imide groups is 1. The predicted octanol–water partition coefficient (Wildman–Crippen LogP) is -1.39. The van der Waals surface area contributed by atoms with Gasteiger partial charge in [-0.1, -0.05) is 36.4 Å². The molecule has 3 rings (SSSR count). The molecule has 1 aliphatic heterocycles. The highest BCUT2D eigenvalue weighted by Crippen LogP contribution is 2.30. The number of nitrogens with two attached hydrogens (primary N) is 1. The fourth-order valence-corrected chi connectivity index (χ4v) is 4.15. The molecule has 2 aromatic rings. The van der Waals surface area contributed by atoms with E-state index in [1.54, 1.807) is 0 Å². The Labute approximate surface area is 151 Å². The second-order valence-electron chi connectivity index (χ2n) is 5.69. The van der Waals surface area contributed by atoms with Crippen LogP contribution in [0.25, 0.3) is 0 Å². The number of benzene rings is 2. The maximum Gasteiger partial charge on any atom is 0.488 e. The summed E-state index contributed by atoms with van der Waals surface area (Å²) < 4.78 is 33.2. The first-order valence-electron chi connectivity index (χ1n) is 8.03. The predicted molar refractivity (Wildman–Crippen MR) is 92.8 cm³/mol. The highest BCUT2D eigenvalue weighted by molar-refractivity contribution is 7.90. The normalized spacial score (nSPS) is 18.0. The van der Waals surface area contributed by atoms with Gasteiger partial charge in [-0.15, -0.1) is 0 Å². The van der Waals surface area contributed by atoms with E-state index in [0.717, 1.165) is 0 Å². The molecule has 0 saturated heterocycles. The van der Waals surface area contributed by atoms with Gasteiger partial charge in [-0.2, -0.15) is 4.31 Å². The second kappa shape index (κ2) is 6.65. The van der Waals surface area contributed by atoms with E-state index in [2.05, 4.69) is 0 Å². The summed E-state index contributed by atoms with van der Waals surface area (Å²) in [7, 11) is -6.10. The highest BCUT2D eigenvalue weighted by Gasteiger charge is 2.46. The van der Waals surface area contributed by atoms with Gasteiger partial charge in [-0.3, -0.25) is 9.59 Å². The van der Waals surface area contributed by atoms with Gasteiger partial charge in [0.1, 0.15) is 4.90 Å². The molecule has 1 aliphatic rings. The summed E-state index contributed by atoms with van der Waals surface area (Å²) in [6.07, 6.45) is -0.386. The average Bonchev–Trinajstić information content (AvgIpc) is 2.81. The van der Waals surface area contributed by atoms with Crippen molar-refractivity contribution in [3.05, 3.63) is 59.7 Å². The monoisotopic (exact) mass is 375 g/mol. The molecule has 4 N–H and O–H groups in total. The maximum absolute atomic E-state index is 12.7. The lowest BCUT2D eigenvalue weighted by atomic mass is 9.80. The van der Waals surface area contributed by atoms with Gasteiger partial charge in [0, 0.05) is 0 Å². The highest BCUT2D eigenvalue weighted by atomic mass is 32.2. The quantitative estimate of drug-likeness (QED) is 0.559. The number of fused-ring (bicyclic) bond motifs is 1. The first-order valence-corrected chi connectivity index (χ1v) is 8.97. The lowest BCUT2D eigenvalue weighted by molar-refractivity contribution is -0.125. The smallest absolute Gasteiger partial charge is 0.423 e. The summed E-state index contributed by atoms with van der Waals surface area (Å²) in [5.41, 5.74) is 6.18. The summed E-state index contributed by atoms with van der Waals surface area (Å²) in [5.74, 6) is -2.41. The van der Waals surface area contributed by atoms with E-state index in [9.17, 15) is 18.0 Å². The minimum Gasteiger partial charge on any atom is -0.423 e. The molecule has 0 saturated carbocycles. The fraction of sp³-hybridized carbons (Fsp3) is 0.125. The third-order valence-electron chi connectivity index (χ3n) is 3.95. The van der Waals surface area contributed by atoms with E-state index in [1.165, 1.54) is 48.5 Å². The van der Waals surface area contributed by atoms with E-state index in [0.29, 0.717) is 5.56 Å². The van der Waals surface area contributed by atoms with Gasteiger partial charge in [0.05, 0.1) is 13.0 Å². The molecule has 0 spiro atoms. The summed E-state index contributed by atoms with van der Waals surface area (Å²) in [6, 6.07) is 8.53. The van der Waals surface area contributed by atoms with Crippen LogP contribution in [-0.2, 0) is 21.2 Å². The average molecular weight is 375 g/mol. The fourth-order valence-electron chi connectivity index (χ4n) is 2.62. The lowest BCUT2D eigenvalue weighted by Gasteiger charge is -2.18. The molecular formula is C16H15BN2O6S. The molecule has 0 radical (unpaired) electrons. The van der Waals surface area contributed by atoms with Crippen LogP contribution in [0.4, 0.5) is 0 Å². The molecule has 0 aliphatic carbocycles. The number of rotatable bonds is 4. The first kappa shape index (κ1) is 16.9. The summed E-state index contributed by atoms with van der Waals surface area (Å²) in [4.78, 5) is 24.8. The molecule has 0 aromatic heterocycles. The van der Waals surface area contributed by atoms with Crippen LogP contribution in [0.15, 0.2) is 53.4 Å². The van der Waals surface area contributed by atoms with Crippen LogP contribution in [0.2, 0.25) is 0 Å². The first-order chi connectivity index (χ1) is 12.6. The number of hydrogen-bond donors (Lipinski definition) is 3. The molecule has 0 bridgehead atoms. The van der Waals surface area contributed by atoms with Crippen LogP contribution in [-0.4, -0.2) is 47.7 Å². The maximum atomic E-state index is 12.7. The molecule has 134 valence electrons. The molecule has 2 amide bonds. The van der Waals surface area contributed by atoms with Gasteiger partial charge in [0.15, 0.2) is 0 Å². The molecule has 1 heterocycles. The third-order valence-corrected chi connectivity index (χ3v) is 5.68. The summed E-state index contributed by atoms with van der Waals surface area (Å²) in [6.45, 7) is 0. The Morgan fingerprint density at radius 2 is 1.81 bits per heavy atom. The SMILES string of the molecule is [2H][C@](N)(Cc1ccc(B(O)O)cc1)C(=O)N1C(=O)c2ccccc2S1(=O)=O. The topological polar surface area (TPSA) is 138 Å². The molecule has 26 heavy (non-hydrogen) atoms. The van der Waals surface area contributed by atoms with Crippen molar-refractivity contribution < 1.29 is 29.4 Å². The van der Waals surface area contributed by atoms with Crippen LogP contribution in [0.1, 0.15) is 17.3 Å². The minimum atomic E-state index is -4.42. The zero-order valence-electron chi connectivity index (χ0n) is 14.4. The van der Waals surface area contributed by atoms with Crippen molar-refractivity contribution in [1.82, 2.24) is 4.31 Å². The van der Waals surface area contributed by atoms with Gasteiger partial charge in [-0.25, -0.2) is 8.42 Å². The Kier molecular flexibility index (Phi) is 4.33. The second-order valence-corrected chi connectivity index (χ2v) is 7.45. The Morgan fingerprint density at radius 3 is 2.38 bits per heavy atom. The van der Waals surface area contributed by atoms with Gasteiger partial charge < -0.3 is 15.8 Å². The number of carbonyl (C=O) groups is 2. The zero-order valence-corrected chi connectivity index (χ0v) is 14.2. The standard InChI is InChI=1S/C16H15BN2O6S/c18-13(9-10-5-7-11(8-6-10)17(22)23)16(21)19-15(20)12-3-1-2-4-14(12)26(19,24)25/h1-8,13,22-23H,9,18H2/t13-/m0/s1/i13D. The molecular weight excluding hydrogens is 359 g/mol. The Balaban J connectivity index is 1.89. The van der Waals surface area contributed by atoms with Crippen molar-refractivity contribution in [2.24, 2.45) is 5.73 Å². The van der Waals surface area contributed by atoms with Crippen molar-refractivity contribution in [3.8, 4) is 0 Å². The van der Waals surface area contributed by atoms with Crippen LogP contribution >= 0.6 is 0 Å². The van der Waals surface area contributed by atoms with Crippen molar-refractivity contribution >= 4 is 34.4 Å². The van der Waals surface area contributed by atoms with Crippen LogP contribution in [0.3, 0.4) is 0 Å². The number of amides is 2. The zero-order chi connectivity index (χ0) is 20.0. The van der Waals surface area contributed by atoms with E-state index >= 15 is 0 Å². The van der Waals surface area contributed by atoms with Gasteiger partial charge in [-0.05, 0) is 29.6 Å². The van der Waals surface area contributed by atoms with Crippen molar-refractivity contribution in [2.45, 2.75) is 17.3 Å². The van der Waals surface area contributed by atoms with Crippen LogP contribution in [0, 0.1) is 0 Å². The number of nitrogens with zero attached hydrogens (tertiary/aromatic N) is 1. The largest absolute Gasteiger partial charge is 0.488 e. The van der Waals surface area contributed by atoms with Crippen molar-refractivity contribution in [3.63, 3.8) is 0 Å². The number of sulfonamides is 1. The molecule has 0 unspecified atom stereocenters. The van der Waals surface area contributed by atoms with Crippen molar-refractivity contribution in [2.75, 3.05) is 0 Å².